The molecule has 0 saturated heterocycles. The first-order valence-corrected chi connectivity index (χ1v) is 7.43. The molecule has 2 heterocycles. The van der Waals surface area contributed by atoms with Gasteiger partial charge >= 0.3 is 0 Å². The third-order valence-electron chi connectivity index (χ3n) is 3.23. The molecule has 0 radical (unpaired) electrons. The Bertz CT molecular complexity index is 825. The highest BCUT2D eigenvalue weighted by Crippen LogP contribution is 2.20. The number of H-pyrrole nitrogens is 1. The van der Waals surface area contributed by atoms with E-state index >= 15 is 0 Å². The van der Waals surface area contributed by atoms with Crippen LogP contribution in [-0.4, -0.2) is 30.9 Å². The van der Waals surface area contributed by atoms with E-state index in [1.807, 2.05) is 25.4 Å². The predicted molar refractivity (Wildman–Crippen MR) is 87.0 cm³/mol. The second kappa shape index (κ2) is 6.62. The zero-order valence-corrected chi connectivity index (χ0v) is 13.2. The van der Waals surface area contributed by atoms with E-state index in [1.54, 1.807) is 23.0 Å². The van der Waals surface area contributed by atoms with Crippen molar-refractivity contribution in [3.63, 3.8) is 0 Å². The minimum atomic E-state index is -0.148. The molecule has 0 unspecified atom stereocenters. The lowest BCUT2D eigenvalue weighted by Crippen LogP contribution is -2.13. The van der Waals surface area contributed by atoms with Gasteiger partial charge in [0.1, 0.15) is 0 Å². The zero-order valence-electron chi connectivity index (χ0n) is 12.5. The fourth-order valence-electron chi connectivity index (χ4n) is 2.13. The SMILES string of the molecule is Cn1cc(CCC(=O)Nc2n[nH]c(-c3cccc(Cl)c3)n2)cn1. The van der Waals surface area contributed by atoms with Crippen LogP contribution in [0.4, 0.5) is 5.95 Å². The number of hydrogen-bond donors (Lipinski definition) is 2. The van der Waals surface area contributed by atoms with Crippen LogP contribution in [-0.2, 0) is 18.3 Å². The lowest BCUT2D eigenvalue weighted by molar-refractivity contribution is -0.116. The fourth-order valence-corrected chi connectivity index (χ4v) is 2.32. The first kappa shape index (κ1) is 15.2. The molecule has 0 aliphatic heterocycles. The smallest absolute Gasteiger partial charge is 0.249 e. The van der Waals surface area contributed by atoms with Gasteiger partial charge in [-0.3, -0.25) is 19.9 Å². The lowest BCUT2D eigenvalue weighted by atomic mass is 10.2. The summed E-state index contributed by atoms with van der Waals surface area (Å²) in [5.74, 6) is 0.650. The molecule has 3 aromatic rings. The Kier molecular flexibility index (Phi) is 4.38. The molecule has 0 spiro atoms. The van der Waals surface area contributed by atoms with E-state index in [-0.39, 0.29) is 11.9 Å². The van der Waals surface area contributed by atoms with Crippen LogP contribution in [0.3, 0.4) is 0 Å². The van der Waals surface area contributed by atoms with E-state index in [0.717, 1.165) is 11.1 Å². The highest BCUT2D eigenvalue weighted by atomic mass is 35.5. The van der Waals surface area contributed by atoms with Crippen LogP contribution in [0.25, 0.3) is 11.4 Å². The van der Waals surface area contributed by atoms with Gasteiger partial charge in [-0.2, -0.15) is 10.1 Å². The number of carbonyl (C=O) groups excluding carboxylic acids is 1. The Morgan fingerprint density at radius 2 is 2.30 bits per heavy atom. The molecule has 0 atom stereocenters. The molecule has 1 amide bonds. The number of nitrogens with zero attached hydrogens (tertiary/aromatic N) is 4. The number of anilines is 1. The molecule has 0 saturated carbocycles. The number of hydrogen-bond acceptors (Lipinski definition) is 4. The van der Waals surface area contributed by atoms with Crippen LogP contribution in [0.15, 0.2) is 36.7 Å². The number of rotatable bonds is 5. The van der Waals surface area contributed by atoms with Crippen LogP contribution in [0.5, 0.6) is 0 Å². The Labute approximate surface area is 137 Å². The molecule has 2 aromatic heterocycles. The number of halogens is 1. The van der Waals surface area contributed by atoms with Gasteiger partial charge in [-0.05, 0) is 24.1 Å². The molecule has 8 heteroatoms. The van der Waals surface area contributed by atoms with Gasteiger partial charge in [0.05, 0.1) is 6.20 Å². The molecule has 0 aliphatic rings. The highest BCUT2D eigenvalue weighted by Gasteiger charge is 2.10. The summed E-state index contributed by atoms with van der Waals surface area (Å²) in [4.78, 5) is 16.2. The van der Waals surface area contributed by atoms with Crippen molar-refractivity contribution in [3.05, 3.63) is 47.2 Å². The van der Waals surface area contributed by atoms with E-state index < -0.39 is 0 Å². The maximum absolute atomic E-state index is 11.9. The summed E-state index contributed by atoms with van der Waals surface area (Å²) >= 11 is 5.95. The summed E-state index contributed by atoms with van der Waals surface area (Å²) in [5, 5.41) is 14.1. The molecule has 1 aromatic carbocycles. The van der Waals surface area contributed by atoms with Gasteiger partial charge in [0.2, 0.25) is 11.9 Å². The van der Waals surface area contributed by atoms with Crippen LogP contribution >= 0.6 is 11.6 Å². The molecule has 0 bridgehead atoms. The van der Waals surface area contributed by atoms with Gasteiger partial charge in [0.25, 0.3) is 0 Å². The number of benzene rings is 1. The van der Waals surface area contributed by atoms with Crippen LogP contribution in [0, 0.1) is 0 Å². The van der Waals surface area contributed by atoms with Crippen molar-refractivity contribution in [2.24, 2.45) is 7.05 Å². The lowest BCUT2D eigenvalue weighted by Gasteiger charge is -1.99. The summed E-state index contributed by atoms with van der Waals surface area (Å²) in [6, 6.07) is 7.24. The van der Waals surface area contributed by atoms with Gasteiger partial charge < -0.3 is 0 Å². The van der Waals surface area contributed by atoms with Crippen LogP contribution < -0.4 is 5.32 Å². The minimum absolute atomic E-state index is 0.148. The monoisotopic (exact) mass is 330 g/mol. The van der Waals surface area contributed by atoms with Crippen molar-refractivity contribution in [2.45, 2.75) is 12.8 Å². The van der Waals surface area contributed by atoms with E-state index in [1.165, 1.54) is 0 Å². The molecule has 23 heavy (non-hydrogen) atoms. The number of nitrogens with one attached hydrogen (secondary N) is 2. The van der Waals surface area contributed by atoms with Gasteiger partial charge in [-0.25, -0.2) is 0 Å². The van der Waals surface area contributed by atoms with E-state index in [0.29, 0.717) is 23.7 Å². The van der Waals surface area contributed by atoms with Gasteiger partial charge in [-0.15, -0.1) is 5.10 Å². The average molecular weight is 331 g/mol. The maximum atomic E-state index is 11.9. The molecule has 0 aliphatic carbocycles. The summed E-state index contributed by atoms with van der Waals surface area (Å²) < 4.78 is 1.71. The Morgan fingerprint density at radius 3 is 3.04 bits per heavy atom. The van der Waals surface area contributed by atoms with E-state index in [2.05, 4.69) is 25.6 Å². The van der Waals surface area contributed by atoms with Crippen molar-refractivity contribution in [1.29, 1.82) is 0 Å². The van der Waals surface area contributed by atoms with Crippen molar-refractivity contribution in [3.8, 4) is 11.4 Å². The maximum Gasteiger partial charge on any atom is 0.249 e. The van der Waals surface area contributed by atoms with Crippen LogP contribution in [0.1, 0.15) is 12.0 Å². The summed E-state index contributed by atoms with van der Waals surface area (Å²) in [6.45, 7) is 0. The van der Waals surface area contributed by atoms with Gasteiger partial charge in [0, 0.05) is 30.3 Å². The molecular weight excluding hydrogens is 316 g/mol. The zero-order chi connectivity index (χ0) is 16.2. The van der Waals surface area contributed by atoms with Crippen molar-refractivity contribution >= 4 is 23.5 Å². The number of carbonyl (C=O) groups is 1. The number of aromatic amines is 1. The second-order valence-electron chi connectivity index (χ2n) is 5.09. The summed E-state index contributed by atoms with van der Waals surface area (Å²) in [5.41, 5.74) is 1.82. The Balaban J connectivity index is 1.59. The van der Waals surface area contributed by atoms with Crippen molar-refractivity contribution in [2.75, 3.05) is 5.32 Å². The minimum Gasteiger partial charge on any atom is -0.293 e. The molecule has 118 valence electrons. The fraction of sp³-hybridized carbons (Fsp3) is 0.200. The van der Waals surface area contributed by atoms with E-state index in [4.69, 9.17) is 11.6 Å². The standard InChI is InChI=1S/C15H15ClN6O/c1-22-9-10(8-17-22)5-6-13(23)18-15-19-14(20-21-15)11-3-2-4-12(16)7-11/h2-4,7-9H,5-6H2,1H3,(H2,18,19,20,21,23). The third kappa shape index (κ3) is 3.95. The number of aryl methyl sites for hydroxylation is 2. The molecular formula is C15H15ClN6O. The van der Waals surface area contributed by atoms with Crippen molar-refractivity contribution < 1.29 is 4.79 Å². The van der Waals surface area contributed by atoms with Crippen LogP contribution in [0.2, 0.25) is 5.02 Å². The quantitative estimate of drug-likeness (QED) is 0.752. The Hall–Kier alpha value is -2.67. The normalized spacial score (nSPS) is 10.7. The first-order valence-electron chi connectivity index (χ1n) is 7.06. The summed E-state index contributed by atoms with van der Waals surface area (Å²) in [7, 11) is 1.84. The first-order chi connectivity index (χ1) is 11.1. The van der Waals surface area contributed by atoms with Gasteiger partial charge in [0.15, 0.2) is 5.82 Å². The molecule has 0 fully saturated rings. The average Bonchev–Trinajstić information content (AvgIpc) is 3.14. The third-order valence-corrected chi connectivity index (χ3v) is 3.47. The molecule has 3 rings (SSSR count). The molecule has 2 N–H and O–H groups in total. The van der Waals surface area contributed by atoms with Gasteiger partial charge in [-0.1, -0.05) is 23.7 Å². The second-order valence-corrected chi connectivity index (χ2v) is 5.52. The Morgan fingerprint density at radius 1 is 1.43 bits per heavy atom. The van der Waals surface area contributed by atoms with Crippen molar-refractivity contribution in [1.82, 2.24) is 25.0 Å². The number of aromatic nitrogens is 5. The predicted octanol–water partition coefficient (Wildman–Crippen LogP) is 2.43. The van der Waals surface area contributed by atoms with E-state index in [9.17, 15) is 4.79 Å². The highest BCUT2D eigenvalue weighted by molar-refractivity contribution is 6.30. The number of amides is 1. The topological polar surface area (TPSA) is 88.5 Å². The largest absolute Gasteiger partial charge is 0.293 e. The molecule has 7 nitrogen and oxygen atoms in total. The summed E-state index contributed by atoms with van der Waals surface area (Å²) in [6.07, 6.45) is 4.59.